The van der Waals surface area contributed by atoms with Crippen molar-refractivity contribution in [2.24, 2.45) is 0 Å². The van der Waals surface area contributed by atoms with Gasteiger partial charge in [0.05, 0.1) is 17.9 Å². The van der Waals surface area contributed by atoms with Crippen molar-refractivity contribution in [1.29, 1.82) is 0 Å². The number of hydrogen-bond donors (Lipinski definition) is 1. The van der Waals surface area contributed by atoms with Gasteiger partial charge in [-0.25, -0.2) is 9.07 Å². The van der Waals surface area contributed by atoms with Gasteiger partial charge in [-0.2, -0.15) is 0 Å². The maximum Gasteiger partial charge on any atom is 0.128 e. The second-order valence-corrected chi connectivity index (χ2v) is 4.97. The minimum absolute atomic E-state index is 0.287. The van der Waals surface area contributed by atoms with Crippen LogP contribution < -0.4 is 5.32 Å². The number of aromatic nitrogens is 3. The Morgan fingerprint density at radius 2 is 2.20 bits per heavy atom. The van der Waals surface area contributed by atoms with Crippen LogP contribution in [0.4, 0.5) is 4.39 Å². The van der Waals surface area contributed by atoms with Crippen molar-refractivity contribution >= 4 is 11.6 Å². The monoisotopic (exact) mass is 296 g/mol. The fourth-order valence-corrected chi connectivity index (χ4v) is 2.37. The lowest BCUT2D eigenvalue weighted by molar-refractivity contribution is 0.496. The molecule has 6 heteroatoms. The van der Waals surface area contributed by atoms with Gasteiger partial charge in [0, 0.05) is 17.1 Å². The van der Waals surface area contributed by atoms with Crippen molar-refractivity contribution in [3.63, 3.8) is 0 Å². The summed E-state index contributed by atoms with van der Waals surface area (Å²) in [6, 6.07) is 4.27. The van der Waals surface area contributed by atoms with Crippen molar-refractivity contribution in [1.82, 2.24) is 20.3 Å². The second kappa shape index (κ2) is 6.81. The van der Waals surface area contributed by atoms with Gasteiger partial charge in [-0.3, -0.25) is 0 Å². The molecule has 0 aliphatic heterocycles. The fraction of sp³-hybridized carbons (Fsp3) is 0.429. The zero-order valence-electron chi connectivity index (χ0n) is 11.6. The molecule has 0 amide bonds. The lowest BCUT2D eigenvalue weighted by atomic mass is 10.0. The highest BCUT2D eigenvalue weighted by molar-refractivity contribution is 6.30. The number of nitrogens with zero attached hydrogens (tertiary/aromatic N) is 3. The summed E-state index contributed by atoms with van der Waals surface area (Å²) < 4.78 is 15.9. The summed E-state index contributed by atoms with van der Waals surface area (Å²) in [4.78, 5) is 0. The van der Waals surface area contributed by atoms with E-state index in [9.17, 15) is 4.39 Å². The summed E-state index contributed by atoms with van der Waals surface area (Å²) in [7, 11) is 0. The van der Waals surface area contributed by atoms with Crippen LogP contribution in [-0.2, 0) is 6.54 Å². The Morgan fingerprint density at radius 3 is 2.90 bits per heavy atom. The van der Waals surface area contributed by atoms with Crippen LogP contribution in [0.15, 0.2) is 24.4 Å². The summed E-state index contributed by atoms with van der Waals surface area (Å²) in [6.45, 7) is 5.49. The standard InChI is InChI=1S/C14H18ClFN4/c1-3-7-20-13(9-18-19-20)14(17-4-2)11-8-10(15)5-6-12(11)16/h5-6,8-9,14,17H,3-4,7H2,1-2H3. The lowest BCUT2D eigenvalue weighted by Gasteiger charge is -2.20. The van der Waals surface area contributed by atoms with Gasteiger partial charge in [-0.05, 0) is 31.2 Å². The van der Waals surface area contributed by atoms with Gasteiger partial charge >= 0.3 is 0 Å². The van der Waals surface area contributed by atoms with Gasteiger partial charge < -0.3 is 5.32 Å². The molecule has 0 bridgehead atoms. The highest BCUT2D eigenvalue weighted by atomic mass is 35.5. The third kappa shape index (κ3) is 3.16. The normalized spacial score (nSPS) is 12.6. The van der Waals surface area contributed by atoms with E-state index in [1.807, 2.05) is 6.92 Å². The molecule has 2 aromatic rings. The zero-order valence-corrected chi connectivity index (χ0v) is 12.4. The van der Waals surface area contributed by atoms with Gasteiger partial charge in [-0.1, -0.05) is 30.7 Å². The third-order valence-corrected chi connectivity index (χ3v) is 3.29. The fourth-order valence-electron chi connectivity index (χ4n) is 2.19. The highest BCUT2D eigenvalue weighted by Crippen LogP contribution is 2.26. The van der Waals surface area contributed by atoms with E-state index in [0.717, 1.165) is 18.7 Å². The number of aryl methyl sites for hydroxylation is 1. The van der Waals surface area contributed by atoms with E-state index in [-0.39, 0.29) is 11.9 Å². The molecule has 20 heavy (non-hydrogen) atoms. The molecule has 1 atom stereocenters. The van der Waals surface area contributed by atoms with Crippen molar-refractivity contribution in [2.45, 2.75) is 32.9 Å². The van der Waals surface area contributed by atoms with Gasteiger partial charge in [0.1, 0.15) is 5.82 Å². The first kappa shape index (κ1) is 14.9. The number of hydrogen-bond acceptors (Lipinski definition) is 3. The van der Waals surface area contributed by atoms with E-state index in [1.165, 1.54) is 6.07 Å². The lowest BCUT2D eigenvalue weighted by Crippen LogP contribution is -2.26. The van der Waals surface area contributed by atoms with Crippen LogP contribution in [0.1, 0.15) is 37.6 Å². The first-order valence-corrected chi connectivity index (χ1v) is 7.11. The number of halogens is 2. The van der Waals surface area contributed by atoms with Crippen LogP contribution in [0.5, 0.6) is 0 Å². The molecular formula is C14H18ClFN4. The molecule has 2 rings (SSSR count). The first-order valence-electron chi connectivity index (χ1n) is 6.74. The summed E-state index contributed by atoms with van der Waals surface area (Å²) in [5.74, 6) is -0.287. The Balaban J connectivity index is 2.44. The van der Waals surface area contributed by atoms with Crippen LogP contribution in [0.2, 0.25) is 5.02 Å². The molecule has 1 N–H and O–H groups in total. The van der Waals surface area contributed by atoms with Crippen LogP contribution in [0, 0.1) is 5.82 Å². The Hall–Kier alpha value is -1.46. The Bertz CT molecular complexity index is 570. The Kier molecular flexibility index (Phi) is 5.09. The SMILES string of the molecule is CCCn1nncc1C(NCC)c1cc(Cl)ccc1F. The van der Waals surface area contributed by atoms with E-state index < -0.39 is 0 Å². The van der Waals surface area contributed by atoms with Gasteiger partial charge in [0.15, 0.2) is 0 Å². The van der Waals surface area contributed by atoms with Crippen molar-refractivity contribution in [3.05, 3.63) is 46.5 Å². The average Bonchev–Trinajstić information content (AvgIpc) is 2.88. The van der Waals surface area contributed by atoms with Crippen LogP contribution in [0.3, 0.4) is 0 Å². The second-order valence-electron chi connectivity index (χ2n) is 4.54. The van der Waals surface area contributed by atoms with Crippen LogP contribution in [0.25, 0.3) is 0 Å². The Morgan fingerprint density at radius 1 is 1.40 bits per heavy atom. The zero-order chi connectivity index (χ0) is 14.5. The van der Waals surface area contributed by atoms with Crippen LogP contribution >= 0.6 is 11.6 Å². The molecule has 0 radical (unpaired) electrons. The van der Waals surface area contributed by atoms with E-state index in [0.29, 0.717) is 17.1 Å². The summed E-state index contributed by atoms with van der Waals surface area (Å²) in [5.41, 5.74) is 1.36. The van der Waals surface area contributed by atoms with Crippen molar-refractivity contribution < 1.29 is 4.39 Å². The molecule has 1 aromatic carbocycles. The average molecular weight is 297 g/mol. The summed E-state index contributed by atoms with van der Waals surface area (Å²) in [6.07, 6.45) is 2.61. The highest BCUT2D eigenvalue weighted by Gasteiger charge is 2.21. The van der Waals surface area contributed by atoms with E-state index in [4.69, 9.17) is 11.6 Å². The van der Waals surface area contributed by atoms with Gasteiger partial charge in [0.2, 0.25) is 0 Å². The van der Waals surface area contributed by atoms with Crippen molar-refractivity contribution in [3.8, 4) is 0 Å². The summed E-state index contributed by atoms with van der Waals surface area (Å²) in [5, 5.41) is 11.8. The molecule has 1 aromatic heterocycles. The predicted octanol–water partition coefficient (Wildman–Crippen LogP) is 3.18. The molecule has 1 heterocycles. The molecule has 0 fully saturated rings. The molecule has 4 nitrogen and oxygen atoms in total. The molecular weight excluding hydrogens is 279 g/mol. The quantitative estimate of drug-likeness (QED) is 0.890. The Labute approximate surface area is 122 Å². The number of nitrogens with one attached hydrogen (secondary N) is 1. The molecule has 0 saturated heterocycles. The van der Waals surface area contributed by atoms with Crippen LogP contribution in [-0.4, -0.2) is 21.5 Å². The first-order chi connectivity index (χ1) is 9.67. The van der Waals surface area contributed by atoms with E-state index in [2.05, 4.69) is 22.6 Å². The number of benzene rings is 1. The molecule has 0 saturated carbocycles. The third-order valence-electron chi connectivity index (χ3n) is 3.06. The molecule has 0 spiro atoms. The molecule has 1 unspecified atom stereocenters. The topological polar surface area (TPSA) is 42.7 Å². The van der Waals surface area contributed by atoms with E-state index in [1.54, 1.807) is 23.0 Å². The minimum Gasteiger partial charge on any atom is -0.305 e. The molecule has 0 aliphatic carbocycles. The minimum atomic E-state index is -0.305. The van der Waals surface area contributed by atoms with Gasteiger partial charge in [-0.15, -0.1) is 5.10 Å². The van der Waals surface area contributed by atoms with Gasteiger partial charge in [0.25, 0.3) is 0 Å². The molecule has 108 valence electrons. The smallest absolute Gasteiger partial charge is 0.128 e. The largest absolute Gasteiger partial charge is 0.305 e. The predicted molar refractivity (Wildman–Crippen MR) is 77.2 cm³/mol. The molecule has 0 aliphatic rings. The van der Waals surface area contributed by atoms with Crippen molar-refractivity contribution in [2.75, 3.05) is 6.54 Å². The maximum absolute atomic E-state index is 14.1. The maximum atomic E-state index is 14.1. The summed E-state index contributed by atoms with van der Waals surface area (Å²) >= 11 is 5.99. The van der Waals surface area contributed by atoms with E-state index >= 15 is 0 Å². The number of rotatable bonds is 6.